The number of thiophene rings is 1. The van der Waals surface area contributed by atoms with Gasteiger partial charge in [-0.25, -0.2) is 0 Å². The molecule has 1 aromatic rings. The van der Waals surface area contributed by atoms with E-state index in [2.05, 4.69) is 45.9 Å². The van der Waals surface area contributed by atoms with Crippen LogP contribution in [0.2, 0.25) is 0 Å². The molecule has 96 valence electrons. The van der Waals surface area contributed by atoms with Gasteiger partial charge in [0.05, 0.1) is 0 Å². The molecule has 1 fully saturated rings. The van der Waals surface area contributed by atoms with Crippen LogP contribution in [0.1, 0.15) is 43.5 Å². The number of halogens is 1. The Bertz CT molecular complexity index is 353. The lowest BCUT2D eigenvalue weighted by Gasteiger charge is -2.31. The average molecular weight is 334 g/mol. The molecule has 1 saturated carbocycles. The summed E-state index contributed by atoms with van der Waals surface area (Å²) in [7, 11) is 0. The number of thioether (sulfide) groups is 1. The van der Waals surface area contributed by atoms with Gasteiger partial charge in [-0.05, 0) is 59.8 Å². The van der Waals surface area contributed by atoms with Crippen LogP contribution in [0.5, 0.6) is 0 Å². The van der Waals surface area contributed by atoms with Gasteiger partial charge in [-0.15, -0.1) is 11.3 Å². The zero-order chi connectivity index (χ0) is 12.3. The molecule has 0 bridgehead atoms. The van der Waals surface area contributed by atoms with E-state index in [1.165, 1.54) is 35.0 Å². The first-order valence-electron chi connectivity index (χ1n) is 6.22. The molecule has 0 amide bonds. The van der Waals surface area contributed by atoms with E-state index in [-0.39, 0.29) is 0 Å². The van der Waals surface area contributed by atoms with Gasteiger partial charge >= 0.3 is 0 Å². The molecule has 4 heteroatoms. The van der Waals surface area contributed by atoms with Crippen molar-refractivity contribution in [3.63, 3.8) is 0 Å². The summed E-state index contributed by atoms with van der Waals surface area (Å²) >= 11 is 7.49. The Morgan fingerprint density at radius 3 is 3.00 bits per heavy atom. The quantitative estimate of drug-likeness (QED) is 0.846. The van der Waals surface area contributed by atoms with Crippen molar-refractivity contribution in [1.82, 2.24) is 5.32 Å². The zero-order valence-electron chi connectivity index (χ0n) is 10.4. The molecule has 2 rings (SSSR count). The monoisotopic (exact) mass is 333 g/mol. The molecule has 0 radical (unpaired) electrons. The summed E-state index contributed by atoms with van der Waals surface area (Å²) in [6.07, 6.45) is 7.68. The van der Waals surface area contributed by atoms with Crippen molar-refractivity contribution < 1.29 is 0 Å². The second-order valence-electron chi connectivity index (χ2n) is 4.74. The minimum atomic E-state index is 0.468. The van der Waals surface area contributed by atoms with E-state index in [9.17, 15) is 0 Å². The SMILES string of the molecule is CSC1CCCC(NC(C)c2sccc2Br)C1. The molecule has 1 N–H and O–H groups in total. The number of rotatable bonds is 4. The van der Waals surface area contributed by atoms with E-state index in [4.69, 9.17) is 0 Å². The van der Waals surface area contributed by atoms with Crippen LogP contribution in [0, 0.1) is 0 Å². The molecule has 0 saturated heterocycles. The average Bonchev–Trinajstić information content (AvgIpc) is 2.76. The van der Waals surface area contributed by atoms with Crippen LogP contribution in [0.4, 0.5) is 0 Å². The molecule has 17 heavy (non-hydrogen) atoms. The summed E-state index contributed by atoms with van der Waals surface area (Å²) in [5.74, 6) is 0. The first-order chi connectivity index (χ1) is 8.20. The molecule has 1 aliphatic rings. The van der Waals surface area contributed by atoms with E-state index in [1.54, 1.807) is 0 Å². The molecule has 1 aliphatic carbocycles. The van der Waals surface area contributed by atoms with Gasteiger partial charge in [-0.2, -0.15) is 11.8 Å². The fourth-order valence-electron chi connectivity index (χ4n) is 2.55. The maximum Gasteiger partial charge on any atom is 0.0399 e. The predicted octanol–water partition coefficient (Wildman–Crippen LogP) is 4.84. The third-order valence-corrected chi connectivity index (χ3v) is 6.63. The highest BCUT2D eigenvalue weighted by Gasteiger charge is 2.23. The van der Waals surface area contributed by atoms with Crippen LogP contribution in [0.15, 0.2) is 15.9 Å². The highest BCUT2D eigenvalue weighted by Crippen LogP contribution is 2.32. The van der Waals surface area contributed by atoms with E-state index in [0.29, 0.717) is 12.1 Å². The Morgan fingerprint density at radius 2 is 2.35 bits per heavy atom. The van der Waals surface area contributed by atoms with Crippen molar-refractivity contribution in [3.8, 4) is 0 Å². The van der Waals surface area contributed by atoms with Crippen molar-refractivity contribution in [2.75, 3.05) is 6.26 Å². The fourth-order valence-corrected chi connectivity index (χ4v) is 5.12. The molecule has 1 aromatic heterocycles. The lowest BCUT2D eigenvalue weighted by atomic mass is 9.94. The summed E-state index contributed by atoms with van der Waals surface area (Å²) in [6, 6.07) is 3.31. The largest absolute Gasteiger partial charge is 0.307 e. The molecule has 1 heterocycles. The summed E-state index contributed by atoms with van der Waals surface area (Å²) in [6.45, 7) is 2.28. The second-order valence-corrected chi connectivity index (χ2v) is 7.68. The Hall–Kier alpha value is 0.490. The van der Waals surface area contributed by atoms with Gasteiger partial charge in [0.2, 0.25) is 0 Å². The summed E-state index contributed by atoms with van der Waals surface area (Å²) in [5.41, 5.74) is 0. The van der Waals surface area contributed by atoms with Crippen molar-refractivity contribution in [2.45, 2.75) is 49.9 Å². The number of hydrogen-bond acceptors (Lipinski definition) is 3. The van der Waals surface area contributed by atoms with Gasteiger partial charge < -0.3 is 5.32 Å². The molecular weight excluding hydrogens is 314 g/mol. The number of hydrogen-bond donors (Lipinski definition) is 1. The Kier molecular flexibility index (Phi) is 5.40. The summed E-state index contributed by atoms with van der Waals surface area (Å²) in [4.78, 5) is 1.43. The minimum Gasteiger partial charge on any atom is -0.307 e. The van der Waals surface area contributed by atoms with Gasteiger partial charge in [-0.1, -0.05) is 6.42 Å². The molecule has 0 aromatic carbocycles. The van der Waals surface area contributed by atoms with E-state index < -0.39 is 0 Å². The topological polar surface area (TPSA) is 12.0 Å². The van der Waals surface area contributed by atoms with Gasteiger partial charge in [-0.3, -0.25) is 0 Å². The lowest BCUT2D eigenvalue weighted by molar-refractivity contribution is 0.354. The Labute approximate surface area is 121 Å². The van der Waals surface area contributed by atoms with Crippen molar-refractivity contribution in [3.05, 3.63) is 20.8 Å². The normalized spacial score (nSPS) is 27.0. The highest BCUT2D eigenvalue weighted by molar-refractivity contribution is 9.10. The maximum absolute atomic E-state index is 3.79. The minimum absolute atomic E-state index is 0.468. The van der Waals surface area contributed by atoms with Crippen LogP contribution in [0.25, 0.3) is 0 Å². The first-order valence-corrected chi connectivity index (χ1v) is 9.18. The van der Waals surface area contributed by atoms with Crippen LogP contribution in [0.3, 0.4) is 0 Å². The van der Waals surface area contributed by atoms with Crippen LogP contribution < -0.4 is 5.32 Å². The zero-order valence-corrected chi connectivity index (χ0v) is 13.6. The molecular formula is C13H20BrNS2. The number of nitrogens with one attached hydrogen (secondary N) is 1. The van der Waals surface area contributed by atoms with Crippen LogP contribution in [-0.2, 0) is 0 Å². The molecule has 1 nitrogen and oxygen atoms in total. The van der Waals surface area contributed by atoms with E-state index in [0.717, 1.165) is 5.25 Å². The Balaban J connectivity index is 1.90. The third kappa shape index (κ3) is 3.72. The molecule has 3 unspecified atom stereocenters. The molecule has 3 atom stereocenters. The fraction of sp³-hybridized carbons (Fsp3) is 0.692. The van der Waals surface area contributed by atoms with E-state index in [1.807, 2.05) is 23.1 Å². The molecule has 0 spiro atoms. The van der Waals surface area contributed by atoms with Gasteiger partial charge in [0.1, 0.15) is 0 Å². The van der Waals surface area contributed by atoms with Crippen LogP contribution in [-0.4, -0.2) is 17.5 Å². The first kappa shape index (κ1) is 13.9. The van der Waals surface area contributed by atoms with Gasteiger partial charge in [0.15, 0.2) is 0 Å². The van der Waals surface area contributed by atoms with Gasteiger partial charge in [0.25, 0.3) is 0 Å². The van der Waals surface area contributed by atoms with Crippen LogP contribution >= 0.6 is 39.0 Å². The smallest absolute Gasteiger partial charge is 0.0399 e. The van der Waals surface area contributed by atoms with E-state index >= 15 is 0 Å². The van der Waals surface area contributed by atoms with Crippen molar-refractivity contribution in [1.29, 1.82) is 0 Å². The highest BCUT2D eigenvalue weighted by atomic mass is 79.9. The molecule has 0 aliphatic heterocycles. The second kappa shape index (κ2) is 6.60. The summed E-state index contributed by atoms with van der Waals surface area (Å²) in [5, 5.41) is 6.81. The van der Waals surface area contributed by atoms with Crippen molar-refractivity contribution in [2.24, 2.45) is 0 Å². The lowest BCUT2D eigenvalue weighted by Crippen LogP contribution is -2.36. The van der Waals surface area contributed by atoms with Gasteiger partial charge in [0, 0.05) is 26.7 Å². The Morgan fingerprint density at radius 1 is 1.53 bits per heavy atom. The predicted molar refractivity (Wildman–Crippen MR) is 83.1 cm³/mol. The van der Waals surface area contributed by atoms with Crippen molar-refractivity contribution >= 4 is 39.0 Å². The maximum atomic E-state index is 3.79. The summed E-state index contributed by atoms with van der Waals surface area (Å²) < 4.78 is 1.25. The third-order valence-electron chi connectivity index (χ3n) is 3.48. The standard InChI is InChI=1S/C13H20BrNS2/c1-9(13-12(14)6-7-17-13)15-10-4-3-5-11(8-10)16-2/h6-7,9-11,15H,3-5,8H2,1-2H3.